The van der Waals surface area contributed by atoms with E-state index in [9.17, 15) is 4.79 Å². The summed E-state index contributed by atoms with van der Waals surface area (Å²) in [4.78, 5) is 10.3. The first-order valence-corrected chi connectivity index (χ1v) is 6.78. The van der Waals surface area contributed by atoms with Gasteiger partial charge in [0.05, 0.1) is 6.10 Å². The Labute approximate surface area is 104 Å². The van der Waals surface area contributed by atoms with E-state index >= 15 is 0 Å². The van der Waals surface area contributed by atoms with Gasteiger partial charge in [-0.3, -0.25) is 4.79 Å². The van der Waals surface area contributed by atoms with Crippen LogP contribution >= 0.6 is 0 Å². The third-order valence-electron chi connectivity index (χ3n) is 3.40. The van der Waals surface area contributed by atoms with E-state index in [1.54, 1.807) is 0 Å². The summed E-state index contributed by atoms with van der Waals surface area (Å²) in [6.45, 7) is 5.11. The lowest BCUT2D eigenvalue weighted by Gasteiger charge is -2.17. The molecule has 17 heavy (non-hydrogen) atoms. The SMILES string of the molecule is CCC1OCCC1CNCCCCCC(=O)O. The number of ether oxygens (including phenoxy) is 1. The van der Waals surface area contributed by atoms with Crippen LogP contribution in [-0.2, 0) is 9.53 Å². The molecule has 0 radical (unpaired) electrons. The molecule has 4 heteroatoms. The number of aliphatic carboxylic acids is 1. The van der Waals surface area contributed by atoms with Crippen molar-refractivity contribution >= 4 is 5.97 Å². The molecule has 1 heterocycles. The average molecular weight is 243 g/mol. The Morgan fingerprint density at radius 3 is 2.94 bits per heavy atom. The molecule has 1 aliphatic rings. The van der Waals surface area contributed by atoms with Crippen molar-refractivity contribution in [2.75, 3.05) is 19.7 Å². The number of carboxylic acid groups (broad SMARTS) is 1. The molecule has 4 nitrogen and oxygen atoms in total. The Hall–Kier alpha value is -0.610. The minimum Gasteiger partial charge on any atom is -0.481 e. The van der Waals surface area contributed by atoms with Crippen molar-refractivity contribution in [1.29, 1.82) is 0 Å². The molecule has 2 N–H and O–H groups in total. The van der Waals surface area contributed by atoms with Crippen LogP contribution in [0.15, 0.2) is 0 Å². The van der Waals surface area contributed by atoms with Gasteiger partial charge in [0.2, 0.25) is 0 Å². The van der Waals surface area contributed by atoms with Crippen molar-refractivity contribution in [1.82, 2.24) is 5.32 Å². The van der Waals surface area contributed by atoms with Crippen molar-refractivity contribution in [3.63, 3.8) is 0 Å². The fourth-order valence-electron chi connectivity index (χ4n) is 2.37. The van der Waals surface area contributed by atoms with Crippen LogP contribution in [0.25, 0.3) is 0 Å². The Bertz CT molecular complexity index is 221. The van der Waals surface area contributed by atoms with Gasteiger partial charge < -0.3 is 15.2 Å². The number of rotatable bonds is 9. The molecule has 2 unspecified atom stereocenters. The lowest BCUT2D eigenvalue weighted by atomic mass is 10.00. The second-order valence-electron chi connectivity index (χ2n) is 4.77. The number of carboxylic acids is 1. The molecule has 1 rings (SSSR count). The quantitative estimate of drug-likeness (QED) is 0.608. The number of nitrogens with one attached hydrogen (secondary N) is 1. The smallest absolute Gasteiger partial charge is 0.303 e. The summed E-state index contributed by atoms with van der Waals surface area (Å²) in [6, 6.07) is 0. The standard InChI is InChI=1S/C13H25NO3/c1-2-12-11(7-9-17-12)10-14-8-5-3-4-6-13(15)16/h11-12,14H,2-10H2,1H3,(H,15,16). The van der Waals surface area contributed by atoms with E-state index in [1.807, 2.05) is 0 Å². The lowest BCUT2D eigenvalue weighted by molar-refractivity contribution is -0.137. The molecule has 100 valence electrons. The third kappa shape index (κ3) is 6.03. The molecular weight excluding hydrogens is 218 g/mol. The highest BCUT2D eigenvalue weighted by Gasteiger charge is 2.25. The molecule has 1 fully saturated rings. The molecule has 0 aromatic heterocycles. The van der Waals surface area contributed by atoms with E-state index in [0.29, 0.717) is 18.4 Å². The largest absolute Gasteiger partial charge is 0.481 e. The van der Waals surface area contributed by atoms with Gasteiger partial charge in [0.15, 0.2) is 0 Å². The van der Waals surface area contributed by atoms with E-state index in [2.05, 4.69) is 12.2 Å². The van der Waals surface area contributed by atoms with Gasteiger partial charge in [-0.25, -0.2) is 0 Å². The zero-order chi connectivity index (χ0) is 12.5. The normalized spacial score (nSPS) is 24.1. The van der Waals surface area contributed by atoms with E-state index in [4.69, 9.17) is 9.84 Å². The number of unbranched alkanes of at least 4 members (excludes halogenated alkanes) is 2. The first-order valence-electron chi connectivity index (χ1n) is 6.78. The van der Waals surface area contributed by atoms with Crippen LogP contribution in [0.1, 0.15) is 45.4 Å². The zero-order valence-corrected chi connectivity index (χ0v) is 10.8. The highest BCUT2D eigenvalue weighted by molar-refractivity contribution is 5.66. The maximum Gasteiger partial charge on any atom is 0.303 e. The molecule has 0 amide bonds. The number of hydrogen-bond donors (Lipinski definition) is 2. The second-order valence-corrected chi connectivity index (χ2v) is 4.77. The molecule has 0 saturated carbocycles. The Morgan fingerprint density at radius 1 is 1.41 bits per heavy atom. The van der Waals surface area contributed by atoms with Crippen molar-refractivity contribution in [2.45, 2.75) is 51.6 Å². The van der Waals surface area contributed by atoms with Crippen LogP contribution in [0.3, 0.4) is 0 Å². The highest BCUT2D eigenvalue weighted by Crippen LogP contribution is 2.22. The van der Waals surface area contributed by atoms with E-state index in [0.717, 1.165) is 45.4 Å². The van der Waals surface area contributed by atoms with Crippen molar-refractivity contribution < 1.29 is 14.6 Å². The minimum absolute atomic E-state index is 0.300. The summed E-state index contributed by atoms with van der Waals surface area (Å²) in [5, 5.41) is 11.9. The summed E-state index contributed by atoms with van der Waals surface area (Å²) in [6.07, 6.45) is 5.87. The first kappa shape index (κ1) is 14.5. The zero-order valence-electron chi connectivity index (χ0n) is 10.8. The molecule has 2 atom stereocenters. The second kappa shape index (κ2) is 8.48. The Kier molecular flexibility index (Phi) is 7.21. The monoisotopic (exact) mass is 243 g/mol. The van der Waals surface area contributed by atoms with Crippen LogP contribution in [0.4, 0.5) is 0 Å². The lowest BCUT2D eigenvalue weighted by Crippen LogP contribution is -2.28. The van der Waals surface area contributed by atoms with Gasteiger partial charge in [-0.1, -0.05) is 13.3 Å². The van der Waals surface area contributed by atoms with Crippen molar-refractivity contribution in [3.8, 4) is 0 Å². The molecule has 0 aromatic carbocycles. The summed E-state index contributed by atoms with van der Waals surface area (Å²) in [7, 11) is 0. The number of carbonyl (C=O) groups is 1. The van der Waals surface area contributed by atoms with E-state index in [1.165, 1.54) is 6.42 Å². The van der Waals surface area contributed by atoms with Gasteiger partial charge in [-0.15, -0.1) is 0 Å². The average Bonchev–Trinajstić information content (AvgIpc) is 2.74. The Morgan fingerprint density at radius 2 is 2.24 bits per heavy atom. The van der Waals surface area contributed by atoms with Crippen LogP contribution in [0, 0.1) is 5.92 Å². The van der Waals surface area contributed by atoms with Gasteiger partial charge in [0.1, 0.15) is 0 Å². The molecule has 0 spiro atoms. The van der Waals surface area contributed by atoms with Crippen molar-refractivity contribution in [2.24, 2.45) is 5.92 Å². The Balaban J connectivity index is 1.92. The summed E-state index contributed by atoms with van der Waals surface area (Å²) >= 11 is 0. The van der Waals surface area contributed by atoms with E-state index in [-0.39, 0.29) is 0 Å². The number of hydrogen-bond acceptors (Lipinski definition) is 3. The molecule has 1 aliphatic heterocycles. The topological polar surface area (TPSA) is 58.6 Å². The predicted octanol–water partition coefficient (Wildman–Crippen LogP) is 2.04. The van der Waals surface area contributed by atoms with Gasteiger partial charge in [-0.2, -0.15) is 0 Å². The van der Waals surface area contributed by atoms with Gasteiger partial charge in [-0.05, 0) is 38.1 Å². The molecule has 0 aromatic rings. The maximum absolute atomic E-state index is 10.3. The van der Waals surface area contributed by atoms with E-state index < -0.39 is 5.97 Å². The van der Waals surface area contributed by atoms with Crippen LogP contribution < -0.4 is 5.32 Å². The fraction of sp³-hybridized carbons (Fsp3) is 0.923. The molecule has 0 aliphatic carbocycles. The van der Waals surface area contributed by atoms with Crippen LogP contribution in [-0.4, -0.2) is 36.9 Å². The minimum atomic E-state index is -0.688. The summed E-state index contributed by atoms with van der Waals surface area (Å²) in [5.74, 6) is -0.0223. The first-order chi connectivity index (χ1) is 8.24. The molecule has 1 saturated heterocycles. The van der Waals surface area contributed by atoms with Crippen LogP contribution in [0.5, 0.6) is 0 Å². The third-order valence-corrected chi connectivity index (χ3v) is 3.40. The van der Waals surface area contributed by atoms with Gasteiger partial charge in [0.25, 0.3) is 0 Å². The van der Waals surface area contributed by atoms with Gasteiger partial charge >= 0.3 is 5.97 Å². The fourth-order valence-corrected chi connectivity index (χ4v) is 2.37. The summed E-state index contributed by atoms with van der Waals surface area (Å²) < 4.78 is 5.63. The van der Waals surface area contributed by atoms with Crippen LogP contribution in [0.2, 0.25) is 0 Å². The van der Waals surface area contributed by atoms with Gasteiger partial charge in [0, 0.05) is 19.6 Å². The molecular formula is C13H25NO3. The molecule has 0 bridgehead atoms. The highest BCUT2D eigenvalue weighted by atomic mass is 16.5. The summed E-state index contributed by atoms with van der Waals surface area (Å²) in [5.41, 5.74) is 0. The van der Waals surface area contributed by atoms with Crippen molar-refractivity contribution in [3.05, 3.63) is 0 Å². The predicted molar refractivity (Wildman–Crippen MR) is 67.1 cm³/mol. The maximum atomic E-state index is 10.3.